The summed E-state index contributed by atoms with van der Waals surface area (Å²) < 4.78 is 4.95. The third-order valence-corrected chi connectivity index (χ3v) is 2.94. The van der Waals surface area contributed by atoms with Crippen LogP contribution in [-0.2, 0) is 4.74 Å². The van der Waals surface area contributed by atoms with Gasteiger partial charge in [0.15, 0.2) is 0 Å². The summed E-state index contributed by atoms with van der Waals surface area (Å²) in [6.07, 6.45) is 2.01. The van der Waals surface area contributed by atoms with Gasteiger partial charge in [0, 0.05) is 18.6 Å². The lowest BCUT2D eigenvalue weighted by atomic mass is 10.1. The van der Waals surface area contributed by atoms with E-state index in [0.29, 0.717) is 19.4 Å². The molecule has 5 nitrogen and oxygen atoms in total. The zero-order valence-corrected chi connectivity index (χ0v) is 9.69. The normalized spacial score (nSPS) is 29.1. The van der Waals surface area contributed by atoms with E-state index < -0.39 is 12.2 Å². The van der Waals surface area contributed by atoms with Crippen molar-refractivity contribution in [1.82, 2.24) is 5.32 Å². The number of carbonyl (C=O) groups excluding carboxylic acids is 1. The van der Waals surface area contributed by atoms with E-state index in [1.54, 1.807) is 0 Å². The maximum absolute atomic E-state index is 11.3. The monoisotopic (exact) mass is 231 g/mol. The van der Waals surface area contributed by atoms with Crippen molar-refractivity contribution in [3.05, 3.63) is 0 Å². The van der Waals surface area contributed by atoms with Crippen LogP contribution in [-0.4, -0.2) is 41.7 Å². The Morgan fingerprint density at radius 3 is 2.81 bits per heavy atom. The Labute approximate surface area is 95.8 Å². The SMILES string of the molecule is CCCCOC(=O)N[C@@H]1C[C@H](CO)[C@@H](O)C1. The van der Waals surface area contributed by atoms with Gasteiger partial charge in [-0.1, -0.05) is 13.3 Å². The lowest BCUT2D eigenvalue weighted by molar-refractivity contribution is 0.0907. The van der Waals surface area contributed by atoms with Gasteiger partial charge in [0.2, 0.25) is 0 Å². The van der Waals surface area contributed by atoms with Gasteiger partial charge < -0.3 is 20.3 Å². The van der Waals surface area contributed by atoms with Crippen LogP contribution in [0.3, 0.4) is 0 Å². The van der Waals surface area contributed by atoms with Gasteiger partial charge in [-0.15, -0.1) is 0 Å². The average Bonchev–Trinajstić information content (AvgIpc) is 2.59. The van der Waals surface area contributed by atoms with Crippen LogP contribution in [0.4, 0.5) is 4.79 Å². The predicted octanol–water partition coefficient (Wildman–Crippen LogP) is 0.644. The van der Waals surface area contributed by atoms with E-state index in [4.69, 9.17) is 9.84 Å². The quantitative estimate of drug-likeness (QED) is 0.607. The summed E-state index contributed by atoms with van der Waals surface area (Å²) in [4.78, 5) is 11.3. The zero-order chi connectivity index (χ0) is 12.0. The molecule has 16 heavy (non-hydrogen) atoms. The second-order valence-electron chi connectivity index (χ2n) is 4.31. The topological polar surface area (TPSA) is 78.8 Å². The highest BCUT2D eigenvalue weighted by Gasteiger charge is 2.33. The van der Waals surface area contributed by atoms with E-state index in [9.17, 15) is 9.90 Å². The highest BCUT2D eigenvalue weighted by atomic mass is 16.5. The number of rotatable bonds is 5. The van der Waals surface area contributed by atoms with Crippen molar-refractivity contribution in [2.24, 2.45) is 5.92 Å². The Balaban J connectivity index is 2.20. The van der Waals surface area contributed by atoms with Gasteiger partial charge in [0.1, 0.15) is 0 Å². The van der Waals surface area contributed by atoms with Crippen LogP contribution >= 0.6 is 0 Å². The van der Waals surface area contributed by atoms with Crippen LogP contribution in [0, 0.1) is 5.92 Å². The van der Waals surface area contributed by atoms with E-state index in [1.165, 1.54) is 0 Å². The minimum Gasteiger partial charge on any atom is -0.450 e. The fourth-order valence-electron chi connectivity index (χ4n) is 1.93. The van der Waals surface area contributed by atoms with Crippen molar-refractivity contribution in [2.75, 3.05) is 13.2 Å². The molecule has 0 aromatic heterocycles. The number of aliphatic hydroxyl groups excluding tert-OH is 2. The molecular formula is C11H21NO4. The summed E-state index contributed by atoms with van der Waals surface area (Å²) in [5.41, 5.74) is 0. The lowest BCUT2D eigenvalue weighted by Crippen LogP contribution is -2.34. The summed E-state index contributed by atoms with van der Waals surface area (Å²) in [7, 11) is 0. The van der Waals surface area contributed by atoms with E-state index in [-0.39, 0.29) is 18.6 Å². The minimum absolute atomic E-state index is 0.0375. The van der Waals surface area contributed by atoms with Crippen LogP contribution in [0.1, 0.15) is 32.6 Å². The summed E-state index contributed by atoms with van der Waals surface area (Å²) in [5.74, 6) is -0.124. The molecule has 0 spiro atoms. The first-order chi connectivity index (χ1) is 7.67. The molecular weight excluding hydrogens is 210 g/mol. The molecule has 0 unspecified atom stereocenters. The standard InChI is InChI=1S/C11H21NO4/c1-2-3-4-16-11(15)12-9-5-8(7-13)10(14)6-9/h8-10,13-14H,2-7H2,1H3,(H,12,15)/t8-,9-,10+/m1/s1. The highest BCUT2D eigenvalue weighted by molar-refractivity contribution is 5.67. The second kappa shape index (κ2) is 6.70. The first-order valence-electron chi connectivity index (χ1n) is 5.89. The molecule has 0 heterocycles. The molecule has 0 aliphatic heterocycles. The van der Waals surface area contributed by atoms with Crippen molar-refractivity contribution < 1.29 is 19.7 Å². The number of unbranched alkanes of at least 4 members (excludes halogenated alkanes) is 1. The first-order valence-corrected chi connectivity index (χ1v) is 5.89. The number of hydrogen-bond acceptors (Lipinski definition) is 4. The fourth-order valence-corrected chi connectivity index (χ4v) is 1.93. The van der Waals surface area contributed by atoms with Crippen LogP contribution in [0.5, 0.6) is 0 Å². The number of aliphatic hydroxyl groups is 2. The Morgan fingerprint density at radius 2 is 2.25 bits per heavy atom. The number of hydrogen-bond donors (Lipinski definition) is 3. The van der Waals surface area contributed by atoms with Crippen molar-refractivity contribution in [3.8, 4) is 0 Å². The van der Waals surface area contributed by atoms with Crippen molar-refractivity contribution in [3.63, 3.8) is 0 Å². The van der Waals surface area contributed by atoms with Gasteiger partial charge in [0.05, 0.1) is 12.7 Å². The molecule has 1 aliphatic carbocycles. The van der Waals surface area contributed by atoms with Crippen molar-refractivity contribution >= 4 is 6.09 Å². The Morgan fingerprint density at radius 1 is 1.50 bits per heavy atom. The van der Waals surface area contributed by atoms with Crippen molar-refractivity contribution in [2.45, 2.75) is 44.8 Å². The third-order valence-electron chi connectivity index (χ3n) is 2.94. The molecule has 1 aliphatic rings. The molecule has 0 bridgehead atoms. The summed E-state index contributed by atoms with van der Waals surface area (Å²) in [6, 6.07) is -0.0822. The van der Waals surface area contributed by atoms with Crippen LogP contribution < -0.4 is 5.32 Å². The number of amides is 1. The van der Waals surface area contributed by atoms with Gasteiger partial charge in [-0.05, 0) is 19.3 Å². The molecule has 0 aromatic carbocycles. The molecule has 0 saturated heterocycles. The largest absolute Gasteiger partial charge is 0.450 e. The zero-order valence-electron chi connectivity index (χ0n) is 9.69. The highest BCUT2D eigenvalue weighted by Crippen LogP contribution is 2.25. The van der Waals surface area contributed by atoms with Gasteiger partial charge >= 0.3 is 6.09 Å². The van der Waals surface area contributed by atoms with E-state index in [1.807, 2.05) is 6.92 Å². The molecule has 1 saturated carbocycles. The minimum atomic E-state index is -0.522. The molecule has 1 fully saturated rings. The number of alkyl carbamates (subject to hydrolysis) is 1. The summed E-state index contributed by atoms with van der Waals surface area (Å²) >= 11 is 0. The van der Waals surface area contributed by atoms with E-state index in [0.717, 1.165) is 12.8 Å². The number of nitrogens with one attached hydrogen (secondary N) is 1. The summed E-state index contributed by atoms with van der Waals surface area (Å²) in [5, 5.41) is 21.2. The molecule has 3 N–H and O–H groups in total. The molecule has 94 valence electrons. The second-order valence-corrected chi connectivity index (χ2v) is 4.31. The first kappa shape index (κ1) is 13.3. The molecule has 5 heteroatoms. The third kappa shape index (κ3) is 3.98. The Bertz CT molecular complexity index is 222. The molecule has 1 amide bonds. The van der Waals surface area contributed by atoms with Gasteiger partial charge in [0.25, 0.3) is 0 Å². The molecule has 0 aromatic rings. The average molecular weight is 231 g/mol. The van der Waals surface area contributed by atoms with Crippen molar-refractivity contribution in [1.29, 1.82) is 0 Å². The lowest BCUT2D eigenvalue weighted by Gasteiger charge is -2.12. The Hall–Kier alpha value is -0.810. The van der Waals surface area contributed by atoms with E-state index >= 15 is 0 Å². The van der Waals surface area contributed by atoms with Crippen LogP contribution in [0.15, 0.2) is 0 Å². The number of ether oxygens (including phenoxy) is 1. The molecule has 3 atom stereocenters. The van der Waals surface area contributed by atoms with Gasteiger partial charge in [-0.25, -0.2) is 4.79 Å². The van der Waals surface area contributed by atoms with Crippen LogP contribution in [0.2, 0.25) is 0 Å². The van der Waals surface area contributed by atoms with E-state index in [2.05, 4.69) is 5.32 Å². The predicted molar refractivity (Wildman–Crippen MR) is 59.0 cm³/mol. The van der Waals surface area contributed by atoms with Gasteiger partial charge in [-0.3, -0.25) is 0 Å². The maximum atomic E-state index is 11.3. The molecule has 0 radical (unpaired) electrons. The summed E-state index contributed by atoms with van der Waals surface area (Å²) in [6.45, 7) is 2.42. The molecule has 1 rings (SSSR count). The van der Waals surface area contributed by atoms with Gasteiger partial charge in [-0.2, -0.15) is 0 Å². The van der Waals surface area contributed by atoms with Crippen LogP contribution in [0.25, 0.3) is 0 Å². The fraction of sp³-hybridized carbons (Fsp3) is 0.909. The number of carbonyl (C=O) groups is 1. The maximum Gasteiger partial charge on any atom is 0.407 e. The Kier molecular flexibility index (Phi) is 5.55. The smallest absolute Gasteiger partial charge is 0.407 e.